The number of hydrogen-bond donors (Lipinski definition) is 2. The second kappa shape index (κ2) is 11.5. The minimum Gasteiger partial charge on any atom is -0.382 e. The number of nitrogens with zero attached hydrogens (tertiary/aromatic N) is 2. The summed E-state index contributed by atoms with van der Waals surface area (Å²) < 4.78 is 2.46. The van der Waals surface area contributed by atoms with Crippen LogP contribution in [0.3, 0.4) is 0 Å². The van der Waals surface area contributed by atoms with E-state index in [0.717, 1.165) is 12.0 Å². The van der Waals surface area contributed by atoms with Crippen molar-refractivity contribution in [1.29, 1.82) is 0 Å². The molecule has 1 aromatic heterocycles. The summed E-state index contributed by atoms with van der Waals surface area (Å²) in [5.74, 6) is 5.33. The summed E-state index contributed by atoms with van der Waals surface area (Å²) in [5, 5.41) is 5.98. The van der Waals surface area contributed by atoms with Crippen LogP contribution in [0.2, 0.25) is 0 Å². The lowest BCUT2D eigenvalue weighted by atomic mass is 9.82. The molecule has 1 aliphatic carbocycles. The molecule has 4 heteroatoms. The molecule has 0 saturated heterocycles. The Morgan fingerprint density at radius 3 is 2.04 bits per heavy atom. The second-order valence-electron chi connectivity index (χ2n) is 12.2. The Labute approximate surface area is 264 Å². The van der Waals surface area contributed by atoms with Gasteiger partial charge in [0.1, 0.15) is 5.84 Å². The maximum atomic E-state index is 5.42. The topological polar surface area (TPSA) is 69.3 Å². The van der Waals surface area contributed by atoms with Gasteiger partial charge in [-0.2, -0.15) is 5.10 Å². The van der Waals surface area contributed by atoms with Crippen LogP contribution < -0.4 is 11.6 Å². The molecule has 8 rings (SSSR count). The Hall–Kier alpha value is -5.61. The van der Waals surface area contributed by atoms with E-state index in [1.54, 1.807) is 0 Å². The van der Waals surface area contributed by atoms with Gasteiger partial charge in [0.2, 0.25) is 0 Å². The zero-order chi connectivity index (χ0) is 31.0. The first-order valence-corrected chi connectivity index (χ1v) is 15.4. The predicted molar refractivity (Wildman–Crippen MR) is 189 cm³/mol. The first kappa shape index (κ1) is 28.2. The molecule has 0 bridgehead atoms. The molecule has 220 valence electrons. The zero-order valence-electron chi connectivity index (χ0n) is 25.6. The number of nitrogens with two attached hydrogens (primary N) is 2. The van der Waals surface area contributed by atoms with Crippen LogP contribution >= 0.6 is 0 Å². The molecule has 0 unspecified atom stereocenters. The largest absolute Gasteiger partial charge is 0.382 e. The molecule has 6 aromatic carbocycles. The molecule has 7 aromatic rings. The highest BCUT2D eigenvalue weighted by Crippen LogP contribution is 2.50. The summed E-state index contributed by atoms with van der Waals surface area (Å²) in [6.07, 6.45) is 0.934. The Balaban J connectivity index is 0.000000280. The van der Waals surface area contributed by atoms with Gasteiger partial charge >= 0.3 is 0 Å². The van der Waals surface area contributed by atoms with E-state index in [1.165, 1.54) is 60.9 Å². The number of aromatic nitrogens is 1. The van der Waals surface area contributed by atoms with Crippen molar-refractivity contribution >= 4 is 27.6 Å². The quantitative estimate of drug-likeness (QED) is 0.0938. The number of rotatable bonds is 4. The van der Waals surface area contributed by atoms with Gasteiger partial charge in [-0.3, -0.25) is 0 Å². The fourth-order valence-corrected chi connectivity index (χ4v) is 6.76. The smallest absolute Gasteiger partial charge is 0.150 e. The number of benzene rings is 6. The minimum atomic E-state index is -0.0173. The number of amidine groups is 1. The van der Waals surface area contributed by atoms with Crippen LogP contribution in [0.5, 0.6) is 0 Å². The van der Waals surface area contributed by atoms with E-state index in [0.29, 0.717) is 5.84 Å². The molecule has 4 N–H and O–H groups in total. The zero-order valence-corrected chi connectivity index (χ0v) is 25.6. The van der Waals surface area contributed by atoms with E-state index in [2.05, 4.69) is 139 Å². The molecule has 1 heterocycles. The number of hydrazone groups is 1. The van der Waals surface area contributed by atoms with Crippen molar-refractivity contribution in [3.63, 3.8) is 0 Å². The summed E-state index contributed by atoms with van der Waals surface area (Å²) in [6, 6.07) is 51.7. The van der Waals surface area contributed by atoms with Gasteiger partial charge in [-0.25, -0.2) is 0 Å². The van der Waals surface area contributed by atoms with Crippen molar-refractivity contribution in [2.75, 3.05) is 0 Å². The van der Waals surface area contributed by atoms with Crippen molar-refractivity contribution in [2.45, 2.75) is 25.7 Å². The molecule has 0 spiro atoms. The Bertz CT molecular complexity index is 2170. The first-order valence-electron chi connectivity index (χ1n) is 15.4. The van der Waals surface area contributed by atoms with Gasteiger partial charge in [0.05, 0.1) is 11.0 Å². The van der Waals surface area contributed by atoms with Crippen LogP contribution in [-0.2, 0) is 11.8 Å². The first-order chi connectivity index (χ1) is 22.0. The maximum absolute atomic E-state index is 5.42. The summed E-state index contributed by atoms with van der Waals surface area (Å²) in [6.45, 7) is 4.72. The number of hydrogen-bond acceptors (Lipinski definition) is 2. The molecule has 0 fully saturated rings. The van der Waals surface area contributed by atoms with Crippen molar-refractivity contribution in [2.24, 2.45) is 16.7 Å². The van der Waals surface area contributed by atoms with Crippen molar-refractivity contribution in [1.82, 2.24) is 4.57 Å². The molecule has 0 aliphatic heterocycles. The number of fused-ring (bicyclic) bond motifs is 6. The average molecular weight is 585 g/mol. The molecule has 4 nitrogen and oxygen atoms in total. The highest BCUT2D eigenvalue weighted by Gasteiger charge is 2.36. The predicted octanol–water partition coefficient (Wildman–Crippen LogP) is 8.95. The Morgan fingerprint density at radius 1 is 0.600 bits per heavy atom. The van der Waals surface area contributed by atoms with Gasteiger partial charge in [-0.1, -0.05) is 129 Å². The molecule has 0 radical (unpaired) electrons. The molecule has 0 saturated carbocycles. The van der Waals surface area contributed by atoms with Gasteiger partial charge in [0.25, 0.3) is 0 Å². The van der Waals surface area contributed by atoms with Crippen LogP contribution in [-0.4, -0.2) is 10.4 Å². The monoisotopic (exact) mass is 584 g/mol. The number of para-hydroxylation sites is 1. The van der Waals surface area contributed by atoms with E-state index >= 15 is 0 Å². The van der Waals surface area contributed by atoms with Crippen LogP contribution in [0.1, 0.15) is 41.7 Å². The highest BCUT2D eigenvalue weighted by atomic mass is 15.2. The van der Waals surface area contributed by atoms with Crippen LogP contribution in [0.15, 0.2) is 151 Å². The van der Waals surface area contributed by atoms with E-state index in [1.807, 2.05) is 30.3 Å². The molecule has 1 aliphatic rings. The van der Waals surface area contributed by atoms with E-state index in [4.69, 9.17) is 11.6 Å². The third kappa shape index (κ3) is 5.04. The summed E-state index contributed by atoms with van der Waals surface area (Å²) in [7, 11) is 0. The third-order valence-corrected chi connectivity index (χ3v) is 9.00. The summed E-state index contributed by atoms with van der Waals surface area (Å²) in [5.41, 5.74) is 18.3. The van der Waals surface area contributed by atoms with Gasteiger partial charge in [0, 0.05) is 27.4 Å². The molecule has 0 amide bonds. The highest BCUT2D eigenvalue weighted by molar-refractivity contribution is 6.11. The van der Waals surface area contributed by atoms with E-state index in [-0.39, 0.29) is 5.41 Å². The van der Waals surface area contributed by atoms with Gasteiger partial charge in [-0.05, 0) is 70.1 Å². The van der Waals surface area contributed by atoms with Crippen LogP contribution in [0, 0.1) is 0 Å². The van der Waals surface area contributed by atoms with E-state index in [9.17, 15) is 0 Å². The molecular weight excluding hydrogens is 548 g/mol. The second-order valence-corrected chi connectivity index (χ2v) is 12.2. The van der Waals surface area contributed by atoms with Crippen molar-refractivity contribution in [3.05, 3.63) is 173 Å². The molecule has 0 atom stereocenters. The lowest BCUT2D eigenvalue weighted by Gasteiger charge is -2.21. The lowest BCUT2D eigenvalue weighted by Crippen LogP contribution is -2.14. The molecule has 45 heavy (non-hydrogen) atoms. The van der Waals surface area contributed by atoms with Gasteiger partial charge in [0.15, 0.2) is 0 Å². The third-order valence-electron chi connectivity index (χ3n) is 9.00. The van der Waals surface area contributed by atoms with Crippen molar-refractivity contribution in [3.8, 4) is 16.8 Å². The summed E-state index contributed by atoms with van der Waals surface area (Å²) in [4.78, 5) is 0. The fraction of sp³-hybridized carbons (Fsp3) is 0.0976. The average Bonchev–Trinajstić information content (AvgIpc) is 3.53. The Kier molecular flexibility index (Phi) is 7.19. The van der Waals surface area contributed by atoms with Crippen molar-refractivity contribution < 1.29 is 0 Å². The minimum absolute atomic E-state index is 0.0173. The lowest BCUT2D eigenvalue weighted by molar-refractivity contribution is 0.661. The van der Waals surface area contributed by atoms with Gasteiger partial charge < -0.3 is 16.1 Å². The molecular formula is C41H36N4. The standard InChI is InChI=1S/C34H27N.C7H9N3/c1-34(2)30-17-8-6-15-26(30)28-21-29-27-16-7-9-18-32(27)35(33(29)22-31(28)34)25-14-10-13-24(20-25)19-23-11-4-3-5-12-23;8-7(10-9)6-4-2-1-3-5-6/h3-18,20-22H,19H2,1-2H3;1-5H,9H2,(H2,8,10). The van der Waals surface area contributed by atoms with Gasteiger partial charge in [-0.15, -0.1) is 0 Å². The van der Waals surface area contributed by atoms with Crippen LogP contribution in [0.25, 0.3) is 38.6 Å². The Morgan fingerprint density at radius 2 is 1.27 bits per heavy atom. The SMILES string of the molecule is CC1(C)c2ccccc2-c2cc3c4ccccc4n(-c4cccc(Cc5ccccc5)c4)c3cc21.N/N=C(\N)c1ccccc1. The summed E-state index contributed by atoms with van der Waals surface area (Å²) >= 11 is 0. The van der Waals surface area contributed by atoms with E-state index < -0.39 is 0 Å². The maximum Gasteiger partial charge on any atom is 0.150 e. The fourth-order valence-electron chi connectivity index (χ4n) is 6.76. The van der Waals surface area contributed by atoms with Crippen LogP contribution in [0.4, 0.5) is 0 Å². The normalized spacial score (nSPS) is 13.2.